The van der Waals surface area contributed by atoms with E-state index < -0.39 is 25.8 Å². The Morgan fingerprint density at radius 2 is 1.63 bits per heavy atom. The van der Waals surface area contributed by atoms with E-state index in [0.717, 1.165) is 28.7 Å². The molecule has 1 aliphatic heterocycles. The fourth-order valence-corrected chi connectivity index (χ4v) is 7.00. The Hall–Kier alpha value is -3.12. The summed E-state index contributed by atoms with van der Waals surface area (Å²) in [5.41, 5.74) is 3.01. The minimum atomic E-state index is -3.70. The zero-order valence-electron chi connectivity index (χ0n) is 18.6. The lowest BCUT2D eigenvalue weighted by atomic mass is 10.0. The van der Waals surface area contributed by atoms with Gasteiger partial charge in [0.2, 0.25) is 10.0 Å². The highest BCUT2D eigenvalue weighted by Crippen LogP contribution is 2.29. The zero-order valence-corrected chi connectivity index (χ0v) is 21.1. The summed E-state index contributed by atoms with van der Waals surface area (Å²) >= 11 is 1.16. The molecule has 5 rings (SSSR count). The van der Waals surface area contributed by atoms with Crippen LogP contribution in [0.4, 0.5) is 5.13 Å². The van der Waals surface area contributed by atoms with Gasteiger partial charge in [0.1, 0.15) is 0 Å². The van der Waals surface area contributed by atoms with Crippen LogP contribution in [-0.2, 0) is 32.8 Å². The van der Waals surface area contributed by atoms with E-state index in [0.29, 0.717) is 34.9 Å². The Morgan fingerprint density at radius 1 is 0.943 bits per heavy atom. The van der Waals surface area contributed by atoms with Gasteiger partial charge in [0.25, 0.3) is 5.91 Å². The standard InChI is InChI=1S/C24H21N3O5S3/c1-34(29,30)20-10-11-21-22(14-20)33-24(25-21)26-23(28)17-6-8-19(9-7-17)35(31,32)27-13-12-16-4-2-3-5-18(16)15-27/h2-11,14H,12-13,15H2,1H3,(H,25,26,28). The molecule has 0 unspecified atom stereocenters. The molecule has 1 aliphatic rings. The molecule has 0 radical (unpaired) electrons. The van der Waals surface area contributed by atoms with Crippen LogP contribution in [0.2, 0.25) is 0 Å². The van der Waals surface area contributed by atoms with Crippen LogP contribution in [0.15, 0.2) is 76.5 Å². The van der Waals surface area contributed by atoms with E-state index in [9.17, 15) is 21.6 Å². The molecule has 8 nitrogen and oxygen atoms in total. The molecule has 0 bridgehead atoms. The summed E-state index contributed by atoms with van der Waals surface area (Å²) in [5, 5.41) is 3.02. The topological polar surface area (TPSA) is 114 Å². The maximum absolute atomic E-state index is 13.1. The minimum Gasteiger partial charge on any atom is -0.298 e. The Morgan fingerprint density at radius 3 is 2.34 bits per heavy atom. The molecule has 35 heavy (non-hydrogen) atoms. The van der Waals surface area contributed by atoms with Gasteiger partial charge in [0, 0.05) is 24.9 Å². The number of amides is 1. The second-order valence-electron chi connectivity index (χ2n) is 8.26. The van der Waals surface area contributed by atoms with Crippen LogP contribution in [0.1, 0.15) is 21.5 Å². The number of aromatic nitrogens is 1. The van der Waals surface area contributed by atoms with Crippen molar-refractivity contribution in [1.29, 1.82) is 0 Å². The number of hydrogen-bond acceptors (Lipinski definition) is 7. The van der Waals surface area contributed by atoms with Crippen molar-refractivity contribution in [2.75, 3.05) is 18.1 Å². The van der Waals surface area contributed by atoms with Gasteiger partial charge in [0.15, 0.2) is 15.0 Å². The van der Waals surface area contributed by atoms with Crippen molar-refractivity contribution in [2.24, 2.45) is 0 Å². The minimum absolute atomic E-state index is 0.127. The Labute approximate surface area is 207 Å². The van der Waals surface area contributed by atoms with E-state index in [1.165, 1.54) is 40.7 Å². The Bertz CT molecular complexity index is 1660. The second kappa shape index (κ2) is 8.83. The molecule has 11 heteroatoms. The van der Waals surface area contributed by atoms with Gasteiger partial charge in [-0.3, -0.25) is 10.1 Å². The van der Waals surface area contributed by atoms with Gasteiger partial charge >= 0.3 is 0 Å². The lowest BCUT2D eigenvalue weighted by molar-refractivity contribution is 0.102. The van der Waals surface area contributed by atoms with Crippen LogP contribution in [0, 0.1) is 0 Å². The quantitative estimate of drug-likeness (QED) is 0.423. The number of thiazole rings is 1. The lowest BCUT2D eigenvalue weighted by Gasteiger charge is -2.28. The zero-order chi connectivity index (χ0) is 24.8. The molecule has 0 spiro atoms. The average molecular weight is 528 g/mol. The first-order chi connectivity index (χ1) is 16.6. The van der Waals surface area contributed by atoms with Crippen LogP contribution in [0.5, 0.6) is 0 Å². The van der Waals surface area contributed by atoms with Gasteiger partial charge in [-0.05, 0) is 60.0 Å². The molecule has 1 N–H and O–H groups in total. The maximum atomic E-state index is 13.1. The van der Waals surface area contributed by atoms with E-state index in [2.05, 4.69) is 10.3 Å². The molecule has 4 aromatic rings. The van der Waals surface area contributed by atoms with Gasteiger partial charge < -0.3 is 0 Å². The number of rotatable bonds is 5. The molecule has 0 saturated heterocycles. The molecule has 0 fully saturated rings. The number of carbonyl (C=O) groups is 1. The van der Waals surface area contributed by atoms with E-state index in [4.69, 9.17) is 0 Å². The summed E-state index contributed by atoms with van der Waals surface area (Å²) in [6.07, 6.45) is 1.79. The van der Waals surface area contributed by atoms with Gasteiger partial charge in [-0.25, -0.2) is 21.8 Å². The van der Waals surface area contributed by atoms with Crippen molar-refractivity contribution in [3.63, 3.8) is 0 Å². The number of fused-ring (bicyclic) bond motifs is 2. The van der Waals surface area contributed by atoms with Crippen LogP contribution in [0.3, 0.4) is 0 Å². The van der Waals surface area contributed by atoms with E-state index in [1.54, 1.807) is 6.07 Å². The second-order valence-corrected chi connectivity index (χ2v) is 13.2. The number of nitrogens with zero attached hydrogens (tertiary/aromatic N) is 2. The van der Waals surface area contributed by atoms with Gasteiger partial charge in [-0.2, -0.15) is 4.31 Å². The number of carbonyl (C=O) groups excluding carboxylic acids is 1. The SMILES string of the molecule is CS(=O)(=O)c1ccc2nc(NC(=O)c3ccc(S(=O)(=O)N4CCc5ccccc5C4)cc3)sc2c1. The number of benzene rings is 3. The van der Waals surface area contributed by atoms with Crippen LogP contribution < -0.4 is 5.32 Å². The third kappa shape index (κ3) is 4.72. The van der Waals surface area contributed by atoms with Crippen molar-refractivity contribution in [1.82, 2.24) is 9.29 Å². The number of hydrogen-bond donors (Lipinski definition) is 1. The van der Waals surface area contributed by atoms with Crippen LogP contribution in [-0.4, -0.2) is 44.8 Å². The lowest BCUT2D eigenvalue weighted by Crippen LogP contribution is -2.35. The summed E-state index contributed by atoms with van der Waals surface area (Å²) in [6.45, 7) is 0.722. The molecule has 1 amide bonds. The third-order valence-corrected chi connectivity index (χ3v) is 9.76. The first-order valence-electron chi connectivity index (χ1n) is 10.7. The fourth-order valence-electron chi connectivity index (χ4n) is 3.96. The number of sulfone groups is 1. The highest BCUT2D eigenvalue weighted by atomic mass is 32.2. The van der Waals surface area contributed by atoms with Crippen LogP contribution in [0.25, 0.3) is 10.2 Å². The maximum Gasteiger partial charge on any atom is 0.257 e. The van der Waals surface area contributed by atoms with Crippen molar-refractivity contribution >= 4 is 52.5 Å². The van der Waals surface area contributed by atoms with Crippen molar-refractivity contribution in [3.8, 4) is 0 Å². The average Bonchev–Trinajstić information content (AvgIpc) is 3.24. The van der Waals surface area contributed by atoms with Crippen molar-refractivity contribution in [3.05, 3.63) is 83.4 Å². The molecule has 0 atom stereocenters. The van der Waals surface area contributed by atoms with E-state index >= 15 is 0 Å². The largest absolute Gasteiger partial charge is 0.298 e. The monoisotopic (exact) mass is 527 g/mol. The molecule has 3 aromatic carbocycles. The molecule has 2 heterocycles. The number of nitrogens with one attached hydrogen (secondary N) is 1. The molecule has 1 aromatic heterocycles. The highest BCUT2D eigenvalue weighted by Gasteiger charge is 2.28. The summed E-state index contributed by atoms with van der Waals surface area (Å²) in [6, 6.07) is 18.2. The third-order valence-electron chi connectivity index (χ3n) is 5.86. The molecule has 180 valence electrons. The first kappa shape index (κ1) is 23.6. The molecule has 0 saturated carbocycles. The summed E-state index contributed by atoms with van der Waals surface area (Å²) in [7, 11) is -7.05. The molecule has 0 aliphatic carbocycles. The first-order valence-corrected chi connectivity index (χ1v) is 14.8. The van der Waals surface area contributed by atoms with Gasteiger partial charge in [0.05, 0.1) is 20.0 Å². The van der Waals surface area contributed by atoms with Crippen molar-refractivity contribution < 1.29 is 21.6 Å². The smallest absolute Gasteiger partial charge is 0.257 e. The number of sulfonamides is 1. The Kier molecular flexibility index (Phi) is 5.96. The normalized spacial score (nSPS) is 14.5. The number of anilines is 1. The summed E-state index contributed by atoms with van der Waals surface area (Å²) in [5.74, 6) is -0.441. The van der Waals surface area contributed by atoms with E-state index in [-0.39, 0.29) is 15.4 Å². The summed E-state index contributed by atoms with van der Waals surface area (Å²) in [4.78, 5) is 17.4. The fraction of sp³-hybridized carbons (Fsp3) is 0.167. The molecular weight excluding hydrogens is 506 g/mol. The summed E-state index contributed by atoms with van der Waals surface area (Å²) < 4.78 is 51.9. The van der Waals surface area contributed by atoms with Crippen LogP contribution >= 0.6 is 11.3 Å². The highest BCUT2D eigenvalue weighted by molar-refractivity contribution is 7.90. The van der Waals surface area contributed by atoms with Gasteiger partial charge in [-0.15, -0.1) is 0 Å². The van der Waals surface area contributed by atoms with Gasteiger partial charge in [-0.1, -0.05) is 35.6 Å². The van der Waals surface area contributed by atoms with Crippen molar-refractivity contribution in [2.45, 2.75) is 22.8 Å². The van der Waals surface area contributed by atoms with E-state index in [1.807, 2.05) is 24.3 Å². The Balaban J connectivity index is 1.32. The predicted molar refractivity (Wildman–Crippen MR) is 135 cm³/mol. The predicted octanol–water partition coefficient (Wildman–Crippen LogP) is 3.70. The molecular formula is C24H21N3O5S3.